The van der Waals surface area contributed by atoms with Gasteiger partial charge in [-0.05, 0) is 18.2 Å². The van der Waals surface area contributed by atoms with E-state index in [0.29, 0.717) is 16.9 Å². The molecular formula is C13H11BrF3N3OS. The molecular weight excluding hydrogens is 383 g/mol. The second-order valence-electron chi connectivity index (χ2n) is 4.22. The van der Waals surface area contributed by atoms with Crippen LogP contribution in [0.25, 0.3) is 0 Å². The van der Waals surface area contributed by atoms with Gasteiger partial charge in [0, 0.05) is 23.1 Å². The van der Waals surface area contributed by atoms with Crippen molar-refractivity contribution in [2.75, 3.05) is 18.4 Å². The molecule has 0 saturated carbocycles. The summed E-state index contributed by atoms with van der Waals surface area (Å²) in [6, 6.07) is 6.90. The lowest BCUT2D eigenvalue weighted by Gasteiger charge is -2.06. The van der Waals surface area contributed by atoms with Gasteiger partial charge in [0.05, 0.1) is 6.20 Å². The van der Waals surface area contributed by atoms with Crippen LogP contribution in [0.2, 0.25) is 0 Å². The van der Waals surface area contributed by atoms with Gasteiger partial charge in [-0.25, -0.2) is 4.98 Å². The SMILES string of the molecule is O=C(NCCNc1ncc(C(F)(F)F)s1)c1cccc(Br)c1. The minimum Gasteiger partial charge on any atom is -0.360 e. The minimum atomic E-state index is -4.38. The van der Waals surface area contributed by atoms with Crippen molar-refractivity contribution < 1.29 is 18.0 Å². The Morgan fingerprint density at radius 1 is 1.32 bits per heavy atom. The Morgan fingerprint density at radius 2 is 2.09 bits per heavy atom. The molecule has 0 bridgehead atoms. The lowest BCUT2D eigenvalue weighted by molar-refractivity contribution is -0.134. The largest absolute Gasteiger partial charge is 0.427 e. The van der Waals surface area contributed by atoms with E-state index >= 15 is 0 Å². The molecule has 1 aromatic carbocycles. The molecule has 9 heteroatoms. The maximum Gasteiger partial charge on any atom is 0.427 e. The molecule has 0 aliphatic carbocycles. The quantitative estimate of drug-likeness (QED) is 0.760. The molecule has 0 aliphatic heterocycles. The Bertz CT molecular complexity index is 660. The van der Waals surface area contributed by atoms with Crippen molar-refractivity contribution in [2.24, 2.45) is 0 Å². The zero-order valence-corrected chi connectivity index (χ0v) is 13.5. The Morgan fingerprint density at radius 3 is 2.73 bits per heavy atom. The van der Waals surface area contributed by atoms with Crippen LogP contribution < -0.4 is 10.6 Å². The first-order valence-corrected chi connectivity index (χ1v) is 7.78. The van der Waals surface area contributed by atoms with Gasteiger partial charge in [-0.2, -0.15) is 13.2 Å². The predicted molar refractivity (Wildman–Crippen MR) is 82.1 cm³/mol. The fourth-order valence-corrected chi connectivity index (χ4v) is 2.67. The molecule has 1 heterocycles. The van der Waals surface area contributed by atoms with E-state index in [-0.39, 0.29) is 24.1 Å². The molecule has 22 heavy (non-hydrogen) atoms. The third kappa shape index (κ3) is 4.70. The molecule has 4 nitrogen and oxygen atoms in total. The number of hydrogen-bond donors (Lipinski definition) is 2. The van der Waals surface area contributed by atoms with E-state index in [0.717, 1.165) is 10.7 Å². The summed E-state index contributed by atoms with van der Waals surface area (Å²) < 4.78 is 38.0. The topological polar surface area (TPSA) is 54.0 Å². The maximum absolute atomic E-state index is 12.4. The lowest BCUT2D eigenvalue weighted by Crippen LogP contribution is -2.28. The van der Waals surface area contributed by atoms with Crippen molar-refractivity contribution in [2.45, 2.75) is 6.18 Å². The van der Waals surface area contributed by atoms with Crippen molar-refractivity contribution in [1.82, 2.24) is 10.3 Å². The summed E-state index contributed by atoms with van der Waals surface area (Å²) in [6.45, 7) is 0.552. The Kier molecular flexibility index (Phi) is 5.41. The third-order valence-electron chi connectivity index (χ3n) is 2.56. The number of aromatic nitrogens is 1. The van der Waals surface area contributed by atoms with E-state index < -0.39 is 11.1 Å². The highest BCUT2D eigenvalue weighted by Crippen LogP contribution is 2.34. The van der Waals surface area contributed by atoms with Gasteiger partial charge in [0.15, 0.2) is 5.13 Å². The number of hydrogen-bond acceptors (Lipinski definition) is 4. The number of nitrogens with zero attached hydrogens (tertiary/aromatic N) is 1. The Labute approximate surface area is 136 Å². The van der Waals surface area contributed by atoms with Gasteiger partial charge in [-0.1, -0.05) is 33.3 Å². The molecule has 1 amide bonds. The number of alkyl halides is 3. The molecule has 0 saturated heterocycles. The van der Waals surface area contributed by atoms with Crippen molar-refractivity contribution in [3.05, 3.63) is 45.4 Å². The van der Waals surface area contributed by atoms with Crippen LogP contribution in [0.5, 0.6) is 0 Å². The van der Waals surface area contributed by atoms with Gasteiger partial charge in [0.2, 0.25) is 0 Å². The second-order valence-corrected chi connectivity index (χ2v) is 6.17. The smallest absolute Gasteiger partial charge is 0.360 e. The first kappa shape index (κ1) is 16.8. The van der Waals surface area contributed by atoms with Crippen LogP contribution in [0.4, 0.5) is 18.3 Å². The van der Waals surface area contributed by atoms with E-state index in [1.165, 1.54) is 0 Å². The van der Waals surface area contributed by atoms with Crippen LogP contribution in [0, 0.1) is 0 Å². The fourth-order valence-electron chi connectivity index (χ4n) is 1.56. The maximum atomic E-state index is 12.4. The second kappa shape index (κ2) is 7.10. The van der Waals surface area contributed by atoms with Crippen LogP contribution >= 0.6 is 27.3 Å². The summed E-state index contributed by atoms with van der Waals surface area (Å²) in [5.74, 6) is -0.252. The van der Waals surface area contributed by atoms with Crippen molar-refractivity contribution in [3.8, 4) is 0 Å². The average Bonchev–Trinajstić information content (AvgIpc) is 2.92. The molecule has 0 aliphatic rings. The van der Waals surface area contributed by atoms with Crippen molar-refractivity contribution >= 4 is 38.3 Å². The van der Waals surface area contributed by atoms with Crippen LogP contribution in [-0.2, 0) is 6.18 Å². The van der Waals surface area contributed by atoms with Crippen molar-refractivity contribution in [1.29, 1.82) is 0 Å². The number of halogens is 4. The molecule has 2 N–H and O–H groups in total. The molecule has 0 unspecified atom stereocenters. The van der Waals surface area contributed by atoms with Crippen LogP contribution in [0.15, 0.2) is 34.9 Å². The number of carbonyl (C=O) groups is 1. The molecule has 0 radical (unpaired) electrons. The molecule has 2 rings (SSSR count). The number of anilines is 1. The number of carbonyl (C=O) groups excluding carboxylic acids is 1. The normalized spacial score (nSPS) is 11.3. The van der Waals surface area contributed by atoms with E-state index in [2.05, 4.69) is 31.5 Å². The van der Waals surface area contributed by atoms with E-state index in [9.17, 15) is 18.0 Å². The monoisotopic (exact) mass is 393 g/mol. The average molecular weight is 394 g/mol. The van der Waals surface area contributed by atoms with Crippen LogP contribution in [0.1, 0.15) is 15.2 Å². The fraction of sp³-hybridized carbons (Fsp3) is 0.231. The first-order valence-electron chi connectivity index (χ1n) is 6.17. The highest BCUT2D eigenvalue weighted by Gasteiger charge is 2.33. The Balaban J connectivity index is 1.77. The molecule has 0 fully saturated rings. The van der Waals surface area contributed by atoms with Gasteiger partial charge in [-0.3, -0.25) is 4.79 Å². The van der Waals surface area contributed by atoms with E-state index in [1.54, 1.807) is 24.3 Å². The van der Waals surface area contributed by atoms with E-state index in [1.807, 2.05) is 0 Å². The highest BCUT2D eigenvalue weighted by atomic mass is 79.9. The summed E-state index contributed by atoms with van der Waals surface area (Å²) in [5, 5.41) is 5.57. The summed E-state index contributed by atoms with van der Waals surface area (Å²) in [5.41, 5.74) is 0.503. The van der Waals surface area contributed by atoms with Gasteiger partial charge in [0.25, 0.3) is 5.91 Å². The minimum absolute atomic E-state index is 0.170. The highest BCUT2D eigenvalue weighted by molar-refractivity contribution is 9.10. The summed E-state index contributed by atoms with van der Waals surface area (Å²) in [4.78, 5) is 14.7. The number of nitrogens with one attached hydrogen (secondary N) is 2. The molecule has 0 spiro atoms. The van der Waals surface area contributed by atoms with Crippen LogP contribution in [-0.4, -0.2) is 24.0 Å². The zero-order valence-electron chi connectivity index (χ0n) is 11.1. The summed E-state index contributed by atoms with van der Waals surface area (Å²) >= 11 is 3.80. The third-order valence-corrected chi connectivity index (χ3v) is 4.05. The number of thiazole rings is 1. The lowest BCUT2D eigenvalue weighted by atomic mass is 10.2. The number of rotatable bonds is 5. The molecule has 0 atom stereocenters. The predicted octanol–water partition coefficient (Wildman–Crippen LogP) is 3.77. The standard InChI is InChI=1S/C13H11BrF3N3OS/c14-9-3-1-2-8(6-9)11(21)18-4-5-19-12-20-7-10(22-12)13(15,16)17/h1-3,6-7H,4-5H2,(H,18,21)(H,19,20). The zero-order chi connectivity index (χ0) is 16.2. The van der Waals surface area contributed by atoms with Crippen LogP contribution in [0.3, 0.4) is 0 Å². The van der Waals surface area contributed by atoms with Gasteiger partial charge in [-0.15, -0.1) is 0 Å². The summed E-state index contributed by atoms with van der Waals surface area (Å²) in [6.07, 6.45) is -3.60. The number of amides is 1. The van der Waals surface area contributed by atoms with Gasteiger partial charge in [0.1, 0.15) is 4.88 Å². The number of benzene rings is 1. The van der Waals surface area contributed by atoms with Crippen molar-refractivity contribution in [3.63, 3.8) is 0 Å². The van der Waals surface area contributed by atoms with E-state index in [4.69, 9.17) is 0 Å². The summed E-state index contributed by atoms with van der Waals surface area (Å²) in [7, 11) is 0. The molecule has 2 aromatic rings. The Hall–Kier alpha value is -1.61. The molecule has 118 valence electrons. The van der Waals surface area contributed by atoms with Gasteiger partial charge >= 0.3 is 6.18 Å². The van der Waals surface area contributed by atoms with Gasteiger partial charge < -0.3 is 10.6 Å². The first-order chi connectivity index (χ1) is 10.4. The molecule has 1 aromatic heterocycles.